The number of nitrogens with zero attached hydrogens (tertiary/aromatic N) is 2. The normalized spacial score (nSPS) is 20.8. The summed E-state index contributed by atoms with van der Waals surface area (Å²) < 4.78 is 5.52. The molecule has 0 saturated carbocycles. The van der Waals surface area contributed by atoms with E-state index in [4.69, 9.17) is 9.84 Å². The molecule has 0 bridgehead atoms. The molecule has 1 N–H and O–H groups in total. The molecule has 1 fully saturated rings. The Bertz CT molecular complexity index is 377. The van der Waals surface area contributed by atoms with Crippen molar-refractivity contribution in [2.24, 2.45) is 0 Å². The third-order valence-corrected chi connectivity index (χ3v) is 2.60. The van der Waals surface area contributed by atoms with Gasteiger partial charge in [-0.25, -0.2) is 4.79 Å². The molecule has 2 heterocycles. The van der Waals surface area contributed by atoms with Crippen LogP contribution in [0.3, 0.4) is 0 Å². The standard InChI is InChI=1S/C11H14N2O3/c1-8-2-3-9(12-6-8)10-7-13(11(14)15)4-5-16-10/h2-3,6,10H,4-5,7H2,1H3,(H,14,15). The molecule has 5 nitrogen and oxygen atoms in total. The molecule has 1 atom stereocenters. The molecule has 5 heteroatoms. The Balaban J connectivity index is 2.09. The summed E-state index contributed by atoms with van der Waals surface area (Å²) in [5.41, 5.74) is 1.87. The molecule has 1 saturated heterocycles. The predicted octanol–water partition coefficient (Wildman–Crippen LogP) is 1.44. The van der Waals surface area contributed by atoms with E-state index < -0.39 is 6.09 Å². The van der Waals surface area contributed by atoms with Gasteiger partial charge in [0.05, 0.1) is 18.8 Å². The molecular weight excluding hydrogens is 208 g/mol. The third-order valence-electron chi connectivity index (χ3n) is 2.60. The Hall–Kier alpha value is -1.62. The van der Waals surface area contributed by atoms with E-state index in [1.807, 2.05) is 19.1 Å². The van der Waals surface area contributed by atoms with Gasteiger partial charge in [0.1, 0.15) is 6.10 Å². The Morgan fingerprint density at radius 3 is 3.06 bits per heavy atom. The van der Waals surface area contributed by atoms with E-state index in [1.54, 1.807) is 6.20 Å². The molecule has 1 aromatic rings. The topological polar surface area (TPSA) is 62.7 Å². The highest BCUT2D eigenvalue weighted by Gasteiger charge is 2.25. The van der Waals surface area contributed by atoms with Crippen molar-refractivity contribution in [1.82, 2.24) is 9.88 Å². The highest BCUT2D eigenvalue weighted by atomic mass is 16.5. The van der Waals surface area contributed by atoms with Crippen molar-refractivity contribution >= 4 is 6.09 Å². The van der Waals surface area contributed by atoms with E-state index in [-0.39, 0.29) is 6.10 Å². The Kier molecular flexibility index (Phi) is 3.05. The van der Waals surface area contributed by atoms with E-state index in [0.29, 0.717) is 19.7 Å². The first-order valence-electron chi connectivity index (χ1n) is 5.19. The van der Waals surface area contributed by atoms with Crippen LogP contribution in [0.5, 0.6) is 0 Å². The summed E-state index contributed by atoms with van der Waals surface area (Å²) in [6, 6.07) is 3.83. The first-order chi connectivity index (χ1) is 7.66. The zero-order chi connectivity index (χ0) is 11.5. The van der Waals surface area contributed by atoms with Gasteiger partial charge in [0, 0.05) is 12.7 Å². The van der Waals surface area contributed by atoms with Crippen LogP contribution in [0.4, 0.5) is 4.79 Å². The van der Waals surface area contributed by atoms with Crippen molar-refractivity contribution in [1.29, 1.82) is 0 Å². The van der Waals surface area contributed by atoms with Crippen molar-refractivity contribution in [3.05, 3.63) is 29.6 Å². The summed E-state index contributed by atoms with van der Waals surface area (Å²) in [7, 11) is 0. The van der Waals surface area contributed by atoms with Crippen molar-refractivity contribution in [2.45, 2.75) is 13.0 Å². The van der Waals surface area contributed by atoms with Crippen molar-refractivity contribution in [3.63, 3.8) is 0 Å². The Morgan fingerprint density at radius 2 is 2.44 bits per heavy atom. The largest absolute Gasteiger partial charge is 0.465 e. The van der Waals surface area contributed by atoms with Gasteiger partial charge in [-0.2, -0.15) is 0 Å². The van der Waals surface area contributed by atoms with Gasteiger partial charge < -0.3 is 14.7 Å². The van der Waals surface area contributed by atoms with E-state index >= 15 is 0 Å². The first kappa shape index (κ1) is 10.9. The monoisotopic (exact) mass is 222 g/mol. The number of aryl methyl sites for hydroxylation is 1. The third kappa shape index (κ3) is 2.30. The van der Waals surface area contributed by atoms with E-state index in [2.05, 4.69) is 4.98 Å². The molecule has 2 rings (SSSR count). The van der Waals surface area contributed by atoms with E-state index in [9.17, 15) is 4.79 Å². The zero-order valence-electron chi connectivity index (χ0n) is 9.09. The second kappa shape index (κ2) is 4.49. The second-order valence-electron chi connectivity index (χ2n) is 3.85. The number of ether oxygens (including phenoxy) is 1. The quantitative estimate of drug-likeness (QED) is 0.781. The lowest BCUT2D eigenvalue weighted by Crippen LogP contribution is -2.41. The van der Waals surface area contributed by atoms with Crippen LogP contribution >= 0.6 is 0 Å². The van der Waals surface area contributed by atoms with Crippen LogP contribution < -0.4 is 0 Å². The average molecular weight is 222 g/mol. The number of pyridine rings is 1. The summed E-state index contributed by atoms with van der Waals surface area (Å²) in [5, 5.41) is 8.90. The molecule has 0 radical (unpaired) electrons. The molecule has 16 heavy (non-hydrogen) atoms. The van der Waals surface area contributed by atoms with Gasteiger partial charge >= 0.3 is 6.09 Å². The predicted molar refractivity (Wildman–Crippen MR) is 57.3 cm³/mol. The SMILES string of the molecule is Cc1ccc(C2CN(C(=O)O)CCO2)nc1. The van der Waals surface area contributed by atoms with Gasteiger partial charge in [0.2, 0.25) is 0 Å². The van der Waals surface area contributed by atoms with Gasteiger partial charge in [0.15, 0.2) is 0 Å². The maximum atomic E-state index is 10.8. The number of rotatable bonds is 1. The maximum Gasteiger partial charge on any atom is 0.407 e. The van der Waals surface area contributed by atoms with Gasteiger partial charge in [0.25, 0.3) is 0 Å². The Labute approximate surface area is 93.7 Å². The fourth-order valence-electron chi connectivity index (χ4n) is 1.67. The lowest BCUT2D eigenvalue weighted by atomic mass is 10.1. The van der Waals surface area contributed by atoms with E-state index in [1.165, 1.54) is 4.90 Å². The number of carboxylic acid groups (broad SMARTS) is 1. The molecule has 1 unspecified atom stereocenters. The summed E-state index contributed by atoms with van der Waals surface area (Å²) in [4.78, 5) is 16.4. The van der Waals surface area contributed by atoms with Gasteiger partial charge in [-0.05, 0) is 18.6 Å². The minimum absolute atomic E-state index is 0.245. The highest BCUT2D eigenvalue weighted by Crippen LogP contribution is 2.20. The minimum Gasteiger partial charge on any atom is -0.465 e. The molecule has 0 aromatic carbocycles. The molecule has 1 aliphatic rings. The molecular formula is C11H14N2O3. The number of morpholine rings is 1. The van der Waals surface area contributed by atoms with Crippen LogP contribution in [0.25, 0.3) is 0 Å². The van der Waals surface area contributed by atoms with Crippen molar-refractivity contribution in [3.8, 4) is 0 Å². The summed E-state index contributed by atoms with van der Waals surface area (Å²) in [5.74, 6) is 0. The Morgan fingerprint density at radius 1 is 1.62 bits per heavy atom. The van der Waals surface area contributed by atoms with Crippen LogP contribution in [-0.2, 0) is 4.74 Å². The minimum atomic E-state index is -0.902. The number of hydrogen-bond donors (Lipinski definition) is 1. The van der Waals surface area contributed by atoms with Crippen LogP contribution in [0.15, 0.2) is 18.3 Å². The van der Waals surface area contributed by atoms with Crippen molar-refractivity contribution < 1.29 is 14.6 Å². The average Bonchev–Trinajstić information content (AvgIpc) is 2.30. The maximum absolute atomic E-state index is 10.8. The summed E-state index contributed by atoms with van der Waals surface area (Å²) >= 11 is 0. The lowest BCUT2D eigenvalue weighted by molar-refractivity contribution is -0.0252. The van der Waals surface area contributed by atoms with Crippen LogP contribution in [0.1, 0.15) is 17.4 Å². The lowest BCUT2D eigenvalue weighted by Gasteiger charge is -2.30. The molecule has 1 aliphatic heterocycles. The summed E-state index contributed by atoms with van der Waals surface area (Å²) in [6.45, 7) is 3.16. The van der Waals surface area contributed by atoms with E-state index in [0.717, 1.165) is 11.3 Å². The summed E-state index contributed by atoms with van der Waals surface area (Å²) in [6.07, 6.45) is 0.615. The van der Waals surface area contributed by atoms with Crippen LogP contribution in [-0.4, -0.2) is 40.8 Å². The van der Waals surface area contributed by atoms with Crippen molar-refractivity contribution in [2.75, 3.05) is 19.7 Å². The molecule has 0 aliphatic carbocycles. The second-order valence-corrected chi connectivity index (χ2v) is 3.85. The number of amides is 1. The smallest absolute Gasteiger partial charge is 0.407 e. The number of hydrogen-bond acceptors (Lipinski definition) is 3. The molecule has 86 valence electrons. The highest BCUT2D eigenvalue weighted by molar-refractivity contribution is 5.65. The molecule has 1 amide bonds. The molecule has 0 spiro atoms. The fraction of sp³-hybridized carbons (Fsp3) is 0.455. The fourth-order valence-corrected chi connectivity index (χ4v) is 1.67. The molecule has 1 aromatic heterocycles. The van der Waals surface area contributed by atoms with Gasteiger partial charge in [-0.1, -0.05) is 6.07 Å². The number of aromatic nitrogens is 1. The zero-order valence-corrected chi connectivity index (χ0v) is 9.09. The van der Waals surface area contributed by atoms with Crippen LogP contribution in [0, 0.1) is 6.92 Å². The van der Waals surface area contributed by atoms with Gasteiger partial charge in [-0.3, -0.25) is 4.98 Å². The first-order valence-corrected chi connectivity index (χ1v) is 5.19. The van der Waals surface area contributed by atoms with Crippen LogP contribution in [0.2, 0.25) is 0 Å². The van der Waals surface area contributed by atoms with Gasteiger partial charge in [-0.15, -0.1) is 0 Å². The number of carbonyl (C=O) groups is 1.